The number of aryl methyl sites for hydroxylation is 1. The maximum Gasteiger partial charge on any atom is 0.308 e. The van der Waals surface area contributed by atoms with Crippen molar-refractivity contribution in [1.29, 1.82) is 0 Å². The molecule has 2 nitrogen and oxygen atoms in total. The van der Waals surface area contributed by atoms with Gasteiger partial charge in [-0.25, -0.2) is 0 Å². The highest BCUT2D eigenvalue weighted by Gasteiger charge is 2.05. The van der Waals surface area contributed by atoms with E-state index in [4.69, 9.17) is 4.74 Å². The monoisotopic (exact) mass is 218 g/mol. The van der Waals surface area contributed by atoms with Crippen molar-refractivity contribution in [2.45, 2.75) is 34.1 Å². The summed E-state index contributed by atoms with van der Waals surface area (Å²) in [5, 5.41) is 0. The van der Waals surface area contributed by atoms with Crippen LogP contribution in [-0.4, -0.2) is 5.97 Å². The number of hydrogen-bond acceptors (Lipinski definition) is 2. The number of ether oxygens (including phenoxy) is 1. The molecular weight excluding hydrogens is 200 g/mol. The molecule has 1 aromatic rings. The quantitative estimate of drug-likeness (QED) is 0.441. The first kappa shape index (κ1) is 12.5. The molecule has 0 fully saturated rings. The molecule has 0 aliphatic heterocycles. The van der Waals surface area contributed by atoms with Crippen LogP contribution in [0.3, 0.4) is 0 Å². The fourth-order valence-electron chi connectivity index (χ4n) is 1.44. The predicted molar refractivity (Wildman–Crippen MR) is 65.6 cm³/mol. The van der Waals surface area contributed by atoms with Gasteiger partial charge in [-0.2, -0.15) is 0 Å². The van der Waals surface area contributed by atoms with Crippen molar-refractivity contribution in [3.8, 4) is 5.75 Å². The summed E-state index contributed by atoms with van der Waals surface area (Å²) in [6.45, 7) is 7.57. The van der Waals surface area contributed by atoms with Gasteiger partial charge < -0.3 is 4.74 Å². The van der Waals surface area contributed by atoms with E-state index in [0.717, 1.165) is 12.0 Å². The number of benzene rings is 1. The summed E-state index contributed by atoms with van der Waals surface area (Å²) in [5.74, 6) is 0.387. The number of hydrogen-bond donors (Lipinski definition) is 0. The van der Waals surface area contributed by atoms with Crippen LogP contribution in [0.2, 0.25) is 0 Å². The number of allylic oxidation sites excluding steroid dienone is 2. The summed E-state index contributed by atoms with van der Waals surface area (Å²) in [6.07, 6.45) is 2.92. The van der Waals surface area contributed by atoms with Gasteiger partial charge in [-0.05, 0) is 38.8 Å². The molecular formula is C14H18O2. The van der Waals surface area contributed by atoms with Crippen molar-refractivity contribution in [2.75, 3.05) is 0 Å². The van der Waals surface area contributed by atoms with Gasteiger partial charge >= 0.3 is 5.97 Å². The van der Waals surface area contributed by atoms with Crippen molar-refractivity contribution in [3.05, 3.63) is 41.0 Å². The van der Waals surface area contributed by atoms with Crippen LogP contribution in [0.15, 0.2) is 29.8 Å². The molecule has 0 N–H and O–H groups in total. The molecule has 0 radical (unpaired) electrons. The van der Waals surface area contributed by atoms with E-state index in [0.29, 0.717) is 5.75 Å². The molecule has 2 heteroatoms. The van der Waals surface area contributed by atoms with Gasteiger partial charge in [0.1, 0.15) is 5.75 Å². The molecule has 0 bridgehead atoms. The molecule has 0 aliphatic rings. The summed E-state index contributed by atoms with van der Waals surface area (Å²) in [5.41, 5.74) is 3.49. The van der Waals surface area contributed by atoms with Crippen LogP contribution in [0, 0.1) is 6.92 Å². The Hall–Kier alpha value is -1.57. The molecule has 1 aromatic carbocycles. The van der Waals surface area contributed by atoms with Crippen molar-refractivity contribution in [2.24, 2.45) is 0 Å². The van der Waals surface area contributed by atoms with Gasteiger partial charge in [-0.1, -0.05) is 29.3 Å². The fraction of sp³-hybridized carbons (Fsp3) is 0.357. The van der Waals surface area contributed by atoms with Gasteiger partial charge in [-0.15, -0.1) is 0 Å². The Morgan fingerprint density at radius 2 is 2.00 bits per heavy atom. The lowest BCUT2D eigenvalue weighted by atomic mass is 10.1. The summed E-state index contributed by atoms with van der Waals surface area (Å²) >= 11 is 0. The molecule has 16 heavy (non-hydrogen) atoms. The van der Waals surface area contributed by atoms with Gasteiger partial charge in [0, 0.05) is 6.92 Å². The maximum atomic E-state index is 11.0. The molecule has 86 valence electrons. The van der Waals surface area contributed by atoms with Crippen molar-refractivity contribution >= 4 is 5.97 Å². The average molecular weight is 218 g/mol. The molecule has 0 saturated heterocycles. The van der Waals surface area contributed by atoms with E-state index in [-0.39, 0.29) is 5.97 Å². The van der Waals surface area contributed by atoms with Gasteiger partial charge in [0.15, 0.2) is 0 Å². The Morgan fingerprint density at radius 1 is 1.31 bits per heavy atom. The number of carbonyl (C=O) groups excluding carboxylic acids is 1. The first-order valence-electron chi connectivity index (χ1n) is 5.40. The van der Waals surface area contributed by atoms with E-state index in [2.05, 4.69) is 26.0 Å². The van der Waals surface area contributed by atoms with Gasteiger partial charge in [0.25, 0.3) is 0 Å². The second-order valence-electron chi connectivity index (χ2n) is 4.19. The first-order chi connectivity index (χ1) is 7.49. The first-order valence-corrected chi connectivity index (χ1v) is 5.40. The Labute approximate surface area is 96.9 Å². The predicted octanol–water partition coefficient (Wildman–Crippen LogP) is 3.43. The lowest BCUT2D eigenvalue weighted by molar-refractivity contribution is -0.131. The SMILES string of the molecule is CC(=O)Oc1ccc(C)cc1CC=C(C)C. The van der Waals surface area contributed by atoms with Crippen LogP contribution in [0.1, 0.15) is 31.9 Å². The summed E-state index contributed by atoms with van der Waals surface area (Å²) in [7, 11) is 0. The van der Waals surface area contributed by atoms with Crippen molar-refractivity contribution < 1.29 is 9.53 Å². The Morgan fingerprint density at radius 3 is 2.56 bits per heavy atom. The van der Waals surface area contributed by atoms with E-state index in [9.17, 15) is 4.79 Å². The zero-order valence-corrected chi connectivity index (χ0v) is 10.3. The van der Waals surface area contributed by atoms with E-state index >= 15 is 0 Å². The van der Waals surface area contributed by atoms with Crippen LogP contribution in [0.5, 0.6) is 5.75 Å². The third-order valence-corrected chi connectivity index (χ3v) is 2.20. The Bertz CT molecular complexity index is 413. The topological polar surface area (TPSA) is 26.3 Å². The minimum Gasteiger partial charge on any atom is -0.426 e. The third kappa shape index (κ3) is 3.89. The van der Waals surface area contributed by atoms with Crippen LogP contribution in [-0.2, 0) is 11.2 Å². The molecule has 0 amide bonds. The second-order valence-corrected chi connectivity index (χ2v) is 4.19. The number of carbonyl (C=O) groups is 1. The third-order valence-electron chi connectivity index (χ3n) is 2.20. The Balaban J connectivity index is 2.98. The summed E-state index contributed by atoms with van der Waals surface area (Å²) < 4.78 is 5.16. The van der Waals surface area contributed by atoms with Gasteiger partial charge in [0.2, 0.25) is 0 Å². The van der Waals surface area contributed by atoms with E-state index < -0.39 is 0 Å². The normalized spacial score (nSPS) is 9.75. The van der Waals surface area contributed by atoms with Gasteiger partial charge in [0.05, 0.1) is 0 Å². The average Bonchev–Trinajstić information content (AvgIpc) is 2.17. The minimum atomic E-state index is -0.276. The van der Waals surface area contributed by atoms with Crippen molar-refractivity contribution in [1.82, 2.24) is 0 Å². The second kappa shape index (κ2) is 5.50. The standard InChI is InChI=1S/C14H18O2/c1-10(2)5-7-13-9-11(3)6-8-14(13)16-12(4)15/h5-6,8-9H,7H2,1-4H3. The zero-order valence-electron chi connectivity index (χ0n) is 10.3. The summed E-state index contributed by atoms with van der Waals surface area (Å²) in [4.78, 5) is 11.0. The fourth-order valence-corrected chi connectivity index (χ4v) is 1.44. The largest absolute Gasteiger partial charge is 0.426 e. The smallest absolute Gasteiger partial charge is 0.308 e. The van der Waals surface area contributed by atoms with E-state index in [1.807, 2.05) is 19.1 Å². The van der Waals surface area contributed by atoms with Crippen LogP contribution in [0.4, 0.5) is 0 Å². The van der Waals surface area contributed by atoms with Gasteiger partial charge in [-0.3, -0.25) is 4.79 Å². The number of esters is 1. The maximum absolute atomic E-state index is 11.0. The summed E-state index contributed by atoms with van der Waals surface area (Å²) in [6, 6.07) is 5.85. The molecule has 0 heterocycles. The Kier molecular flexibility index (Phi) is 4.29. The molecule has 0 spiro atoms. The highest BCUT2D eigenvalue weighted by Crippen LogP contribution is 2.21. The lowest BCUT2D eigenvalue weighted by Gasteiger charge is -2.08. The van der Waals surface area contributed by atoms with Crippen LogP contribution >= 0.6 is 0 Å². The highest BCUT2D eigenvalue weighted by atomic mass is 16.5. The van der Waals surface area contributed by atoms with Crippen LogP contribution in [0.25, 0.3) is 0 Å². The number of rotatable bonds is 3. The van der Waals surface area contributed by atoms with E-state index in [1.54, 1.807) is 0 Å². The molecule has 0 saturated carbocycles. The minimum absolute atomic E-state index is 0.276. The van der Waals surface area contributed by atoms with Crippen LogP contribution < -0.4 is 4.74 Å². The zero-order chi connectivity index (χ0) is 12.1. The van der Waals surface area contributed by atoms with Crippen molar-refractivity contribution in [3.63, 3.8) is 0 Å². The highest BCUT2D eigenvalue weighted by molar-refractivity contribution is 5.69. The molecule has 0 aliphatic carbocycles. The molecule has 0 atom stereocenters. The molecule has 0 unspecified atom stereocenters. The molecule has 0 aromatic heterocycles. The lowest BCUT2D eigenvalue weighted by Crippen LogP contribution is -2.04. The molecule has 1 rings (SSSR count). The van der Waals surface area contributed by atoms with E-state index in [1.165, 1.54) is 18.1 Å².